The van der Waals surface area contributed by atoms with E-state index in [2.05, 4.69) is 34.7 Å². The van der Waals surface area contributed by atoms with Crippen molar-refractivity contribution in [2.75, 3.05) is 31.3 Å². The molecule has 140 valence electrons. The van der Waals surface area contributed by atoms with Crippen LogP contribution in [0.1, 0.15) is 39.2 Å². The van der Waals surface area contributed by atoms with Gasteiger partial charge in [0.2, 0.25) is 5.91 Å². The second-order valence-corrected chi connectivity index (χ2v) is 6.65. The number of aryl methyl sites for hydroxylation is 1. The molecule has 0 aliphatic rings. The predicted molar refractivity (Wildman–Crippen MR) is 104 cm³/mol. The molecule has 0 radical (unpaired) electrons. The molecule has 0 aliphatic heterocycles. The Morgan fingerprint density at radius 3 is 2.28 bits per heavy atom. The highest BCUT2D eigenvalue weighted by Gasteiger charge is 2.21. The molecule has 1 aromatic carbocycles. The van der Waals surface area contributed by atoms with E-state index in [1.807, 2.05) is 33.2 Å². The zero-order chi connectivity index (χ0) is 19.0. The van der Waals surface area contributed by atoms with Crippen molar-refractivity contribution in [2.45, 2.75) is 46.6 Å². The van der Waals surface area contributed by atoms with Crippen LogP contribution in [0, 0.1) is 12.8 Å². The molecule has 0 fully saturated rings. The predicted octanol–water partition coefficient (Wildman–Crippen LogP) is 3.44. The van der Waals surface area contributed by atoms with Crippen molar-refractivity contribution in [1.82, 2.24) is 10.2 Å². The standard InChI is InChI=1S/C19H32N4O2/c1-7-15(8-2)18(23(5)6)12-20-19(25)22-17-11-16(21-14(4)24)10-9-13(17)3/h9-11,15,18H,7-8,12H2,1-6H3,(H,21,24)(H2,20,22,25)/t18-/m0/s1. The van der Waals surface area contributed by atoms with Crippen LogP contribution in [-0.4, -0.2) is 43.5 Å². The summed E-state index contributed by atoms with van der Waals surface area (Å²) in [5, 5.41) is 8.57. The number of benzene rings is 1. The third-order valence-electron chi connectivity index (χ3n) is 4.53. The Kier molecular flexibility index (Phi) is 8.41. The fourth-order valence-electron chi connectivity index (χ4n) is 3.01. The second-order valence-electron chi connectivity index (χ2n) is 6.65. The van der Waals surface area contributed by atoms with Crippen LogP contribution in [-0.2, 0) is 4.79 Å². The van der Waals surface area contributed by atoms with Crippen molar-refractivity contribution >= 4 is 23.3 Å². The van der Waals surface area contributed by atoms with Gasteiger partial charge in [-0.15, -0.1) is 0 Å². The molecule has 0 aliphatic carbocycles. The van der Waals surface area contributed by atoms with E-state index in [-0.39, 0.29) is 11.9 Å². The molecule has 1 atom stereocenters. The Bertz CT molecular complexity index is 583. The van der Waals surface area contributed by atoms with E-state index >= 15 is 0 Å². The largest absolute Gasteiger partial charge is 0.336 e. The van der Waals surface area contributed by atoms with E-state index in [1.54, 1.807) is 6.07 Å². The van der Waals surface area contributed by atoms with Crippen molar-refractivity contribution in [3.8, 4) is 0 Å². The van der Waals surface area contributed by atoms with Gasteiger partial charge in [-0.3, -0.25) is 4.79 Å². The zero-order valence-electron chi connectivity index (χ0n) is 16.3. The molecular formula is C19H32N4O2. The lowest BCUT2D eigenvalue weighted by molar-refractivity contribution is -0.114. The maximum atomic E-state index is 12.3. The van der Waals surface area contributed by atoms with Gasteiger partial charge in [-0.2, -0.15) is 0 Å². The van der Waals surface area contributed by atoms with E-state index in [9.17, 15) is 9.59 Å². The Hall–Kier alpha value is -2.08. The Morgan fingerprint density at radius 2 is 1.76 bits per heavy atom. The van der Waals surface area contributed by atoms with Gasteiger partial charge in [-0.05, 0) is 44.6 Å². The van der Waals surface area contributed by atoms with E-state index in [4.69, 9.17) is 0 Å². The second kappa shape index (κ2) is 10.0. The molecule has 1 rings (SSSR count). The highest BCUT2D eigenvalue weighted by molar-refractivity contribution is 5.93. The molecule has 6 nitrogen and oxygen atoms in total. The number of nitrogens with zero attached hydrogens (tertiary/aromatic N) is 1. The summed E-state index contributed by atoms with van der Waals surface area (Å²) in [5.74, 6) is 0.401. The number of hydrogen-bond acceptors (Lipinski definition) is 3. The number of anilines is 2. The number of rotatable bonds is 8. The minimum atomic E-state index is -0.235. The van der Waals surface area contributed by atoms with Crippen LogP contribution >= 0.6 is 0 Å². The van der Waals surface area contributed by atoms with Crippen molar-refractivity contribution in [3.05, 3.63) is 23.8 Å². The summed E-state index contributed by atoms with van der Waals surface area (Å²) >= 11 is 0. The SMILES string of the molecule is CCC(CC)[C@H](CNC(=O)Nc1cc(NC(C)=O)ccc1C)N(C)C. The average molecular weight is 348 g/mol. The first-order valence-electron chi connectivity index (χ1n) is 8.87. The van der Waals surface area contributed by atoms with Gasteiger partial charge in [-0.1, -0.05) is 32.8 Å². The summed E-state index contributed by atoms with van der Waals surface area (Å²) in [6.45, 7) is 8.33. The summed E-state index contributed by atoms with van der Waals surface area (Å²) in [6.07, 6.45) is 2.17. The van der Waals surface area contributed by atoms with Gasteiger partial charge in [0.1, 0.15) is 0 Å². The molecule has 0 bridgehead atoms. The number of carbonyl (C=O) groups excluding carboxylic acids is 2. The molecular weight excluding hydrogens is 316 g/mol. The first-order chi connectivity index (χ1) is 11.8. The van der Waals surface area contributed by atoms with Crippen LogP contribution in [0.4, 0.5) is 16.2 Å². The zero-order valence-corrected chi connectivity index (χ0v) is 16.3. The first kappa shape index (κ1) is 21.0. The third kappa shape index (κ3) is 6.74. The molecule has 1 aromatic rings. The Labute approximate surface area is 151 Å². The average Bonchev–Trinajstić information content (AvgIpc) is 2.53. The van der Waals surface area contributed by atoms with Gasteiger partial charge < -0.3 is 20.9 Å². The highest BCUT2D eigenvalue weighted by Crippen LogP contribution is 2.20. The van der Waals surface area contributed by atoms with E-state index in [1.165, 1.54) is 6.92 Å². The maximum absolute atomic E-state index is 12.3. The highest BCUT2D eigenvalue weighted by atomic mass is 16.2. The fourth-order valence-corrected chi connectivity index (χ4v) is 3.01. The number of urea groups is 1. The van der Waals surface area contributed by atoms with Gasteiger partial charge in [0, 0.05) is 30.9 Å². The lowest BCUT2D eigenvalue weighted by Gasteiger charge is -2.31. The Balaban J connectivity index is 2.71. The molecule has 0 aromatic heterocycles. The molecule has 0 saturated carbocycles. The van der Waals surface area contributed by atoms with E-state index in [0.29, 0.717) is 29.9 Å². The van der Waals surface area contributed by atoms with Crippen molar-refractivity contribution in [1.29, 1.82) is 0 Å². The van der Waals surface area contributed by atoms with Crippen LogP contribution in [0.15, 0.2) is 18.2 Å². The number of amides is 3. The molecule has 0 unspecified atom stereocenters. The van der Waals surface area contributed by atoms with Crippen molar-refractivity contribution < 1.29 is 9.59 Å². The van der Waals surface area contributed by atoms with Crippen LogP contribution in [0.5, 0.6) is 0 Å². The van der Waals surface area contributed by atoms with Gasteiger partial charge in [0.15, 0.2) is 0 Å². The maximum Gasteiger partial charge on any atom is 0.319 e. The molecule has 3 N–H and O–H groups in total. The minimum Gasteiger partial charge on any atom is -0.336 e. The van der Waals surface area contributed by atoms with Gasteiger partial charge in [-0.25, -0.2) is 4.79 Å². The molecule has 0 saturated heterocycles. The smallest absolute Gasteiger partial charge is 0.319 e. The monoisotopic (exact) mass is 348 g/mol. The summed E-state index contributed by atoms with van der Waals surface area (Å²) in [4.78, 5) is 25.6. The molecule has 3 amide bonds. The summed E-state index contributed by atoms with van der Waals surface area (Å²) in [5.41, 5.74) is 2.29. The topological polar surface area (TPSA) is 73.5 Å². The minimum absolute atomic E-state index is 0.141. The van der Waals surface area contributed by atoms with Crippen molar-refractivity contribution in [2.24, 2.45) is 5.92 Å². The van der Waals surface area contributed by atoms with Crippen LogP contribution in [0.2, 0.25) is 0 Å². The quantitative estimate of drug-likeness (QED) is 0.674. The normalized spacial score (nSPS) is 12.2. The van der Waals surface area contributed by atoms with Crippen LogP contribution < -0.4 is 16.0 Å². The summed E-state index contributed by atoms with van der Waals surface area (Å²) in [7, 11) is 4.09. The molecule has 6 heteroatoms. The molecule has 25 heavy (non-hydrogen) atoms. The lowest BCUT2D eigenvalue weighted by Crippen LogP contribution is -2.45. The summed E-state index contributed by atoms with van der Waals surface area (Å²) in [6, 6.07) is 5.51. The molecule has 0 heterocycles. The number of hydrogen-bond donors (Lipinski definition) is 3. The lowest BCUT2D eigenvalue weighted by atomic mass is 9.93. The van der Waals surface area contributed by atoms with Crippen LogP contribution in [0.25, 0.3) is 0 Å². The Morgan fingerprint density at radius 1 is 1.12 bits per heavy atom. The van der Waals surface area contributed by atoms with E-state index < -0.39 is 0 Å². The third-order valence-corrected chi connectivity index (χ3v) is 4.53. The van der Waals surface area contributed by atoms with Crippen LogP contribution in [0.3, 0.4) is 0 Å². The first-order valence-corrected chi connectivity index (χ1v) is 8.87. The summed E-state index contributed by atoms with van der Waals surface area (Å²) < 4.78 is 0. The van der Waals surface area contributed by atoms with Crippen molar-refractivity contribution in [3.63, 3.8) is 0 Å². The molecule has 0 spiro atoms. The number of carbonyl (C=O) groups is 2. The number of nitrogens with one attached hydrogen (secondary N) is 3. The van der Waals surface area contributed by atoms with Gasteiger partial charge in [0.25, 0.3) is 0 Å². The van der Waals surface area contributed by atoms with E-state index in [0.717, 1.165) is 18.4 Å². The fraction of sp³-hybridized carbons (Fsp3) is 0.579. The van der Waals surface area contributed by atoms with Gasteiger partial charge in [0.05, 0.1) is 0 Å². The van der Waals surface area contributed by atoms with Gasteiger partial charge >= 0.3 is 6.03 Å². The number of likely N-dealkylation sites (N-methyl/N-ethyl adjacent to an activating group) is 1.